The molecule has 21 heavy (non-hydrogen) atoms. The Balaban J connectivity index is 1.62. The lowest BCUT2D eigenvalue weighted by Gasteiger charge is -2.22. The number of hydrogen-bond donors (Lipinski definition) is 1. The largest absolute Gasteiger partial charge is 0.468 e. The number of nitrogens with one attached hydrogen (secondary N) is 1. The van der Waals surface area contributed by atoms with Gasteiger partial charge in [-0.25, -0.2) is 0 Å². The van der Waals surface area contributed by atoms with Gasteiger partial charge in [-0.3, -0.25) is 4.90 Å². The maximum atomic E-state index is 5.80. The lowest BCUT2D eigenvalue weighted by atomic mass is 10.2. The van der Waals surface area contributed by atoms with Crippen molar-refractivity contribution in [2.24, 2.45) is 0 Å². The Bertz CT molecular complexity index is 653. The van der Waals surface area contributed by atoms with Crippen LogP contribution in [-0.4, -0.2) is 25.5 Å². The second-order valence-electron chi connectivity index (χ2n) is 5.38. The van der Waals surface area contributed by atoms with Gasteiger partial charge in [0.05, 0.1) is 18.8 Å². The van der Waals surface area contributed by atoms with E-state index in [0.29, 0.717) is 6.54 Å². The molecule has 0 fully saturated rings. The number of nitrogens with zero attached hydrogens (tertiary/aromatic N) is 1. The number of fused-ring (bicyclic) bond motifs is 1. The minimum Gasteiger partial charge on any atom is -0.468 e. The average molecular weight is 284 g/mol. The van der Waals surface area contributed by atoms with Crippen molar-refractivity contribution in [1.82, 2.24) is 10.2 Å². The Morgan fingerprint density at radius 3 is 2.71 bits per heavy atom. The SMILES string of the molecule is CN(C)C(CNCc1cc2ccccc2o1)c1ccco1. The summed E-state index contributed by atoms with van der Waals surface area (Å²) in [7, 11) is 4.10. The summed E-state index contributed by atoms with van der Waals surface area (Å²) in [5, 5.41) is 4.58. The van der Waals surface area contributed by atoms with Crippen LogP contribution < -0.4 is 5.32 Å². The molecule has 0 aliphatic carbocycles. The van der Waals surface area contributed by atoms with Crippen molar-refractivity contribution in [3.05, 3.63) is 60.2 Å². The zero-order valence-corrected chi connectivity index (χ0v) is 12.4. The first-order valence-corrected chi connectivity index (χ1v) is 7.12. The number of benzene rings is 1. The van der Waals surface area contributed by atoms with Crippen LogP contribution in [-0.2, 0) is 6.54 Å². The molecule has 1 unspecified atom stereocenters. The van der Waals surface area contributed by atoms with Gasteiger partial charge < -0.3 is 14.2 Å². The second-order valence-corrected chi connectivity index (χ2v) is 5.38. The van der Waals surface area contributed by atoms with Crippen LogP contribution in [0.5, 0.6) is 0 Å². The van der Waals surface area contributed by atoms with Crippen molar-refractivity contribution in [2.75, 3.05) is 20.6 Å². The summed E-state index contributed by atoms with van der Waals surface area (Å²) in [5.41, 5.74) is 0.935. The second kappa shape index (κ2) is 6.16. The normalized spacial score (nSPS) is 13.1. The van der Waals surface area contributed by atoms with Crippen molar-refractivity contribution in [3.8, 4) is 0 Å². The number of likely N-dealkylation sites (N-methyl/N-ethyl adjacent to an activating group) is 1. The summed E-state index contributed by atoms with van der Waals surface area (Å²) >= 11 is 0. The van der Waals surface area contributed by atoms with E-state index in [2.05, 4.69) is 36.4 Å². The first-order valence-electron chi connectivity index (χ1n) is 7.12. The van der Waals surface area contributed by atoms with Gasteiger partial charge >= 0.3 is 0 Å². The van der Waals surface area contributed by atoms with E-state index in [0.717, 1.165) is 29.0 Å². The van der Waals surface area contributed by atoms with Crippen LogP contribution in [0, 0.1) is 0 Å². The van der Waals surface area contributed by atoms with Crippen LogP contribution in [0.15, 0.2) is 57.6 Å². The van der Waals surface area contributed by atoms with Crippen LogP contribution in [0.1, 0.15) is 17.6 Å². The summed E-state index contributed by atoms with van der Waals surface area (Å²) in [6.45, 7) is 1.51. The average Bonchev–Trinajstić information content (AvgIpc) is 3.11. The van der Waals surface area contributed by atoms with Crippen LogP contribution >= 0.6 is 0 Å². The van der Waals surface area contributed by atoms with Gasteiger partial charge in [0, 0.05) is 11.9 Å². The van der Waals surface area contributed by atoms with Gasteiger partial charge in [-0.05, 0) is 38.4 Å². The molecule has 0 aliphatic rings. The molecule has 4 nitrogen and oxygen atoms in total. The third-order valence-corrected chi connectivity index (χ3v) is 3.61. The summed E-state index contributed by atoms with van der Waals surface area (Å²) in [4.78, 5) is 2.14. The molecule has 0 saturated carbocycles. The summed E-state index contributed by atoms with van der Waals surface area (Å²) in [6, 6.07) is 14.3. The minimum absolute atomic E-state index is 0.212. The fourth-order valence-corrected chi connectivity index (χ4v) is 2.47. The van der Waals surface area contributed by atoms with E-state index in [1.54, 1.807) is 6.26 Å². The van der Waals surface area contributed by atoms with Gasteiger partial charge in [0.2, 0.25) is 0 Å². The highest BCUT2D eigenvalue weighted by atomic mass is 16.3. The lowest BCUT2D eigenvalue weighted by Crippen LogP contribution is -2.30. The molecule has 110 valence electrons. The minimum atomic E-state index is 0.212. The van der Waals surface area contributed by atoms with Crippen LogP contribution in [0.25, 0.3) is 11.0 Å². The fourth-order valence-electron chi connectivity index (χ4n) is 2.47. The van der Waals surface area contributed by atoms with Gasteiger partial charge in [0.25, 0.3) is 0 Å². The molecular formula is C17H20N2O2. The first-order chi connectivity index (χ1) is 10.2. The Labute approximate surface area is 124 Å². The fraction of sp³-hybridized carbons (Fsp3) is 0.294. The Morgan fingerprint density at radius 1 is 1.14 bits per heavy atom. The number of hydrogen-bond acceptors (Lipinski definition) is 4. The molecule has 3 aromatic rings. The molecule has 0 saturated heterocycles. The molecule has 2 heterocycles. The molecule has 0 amide bonds. The molecule has 0 bridgehead atoms. The molecular weight excluding hydrogens is 264 g/mol. The van der Waals surface area contributed by atoms with E-state index in [-0.39, 0.29) is 6.04 Å². The number of rotatable bonds is 6. The molecule has 0 radical (unpaired) electrons. The molecule has 2 aromatic heterocycles. The van der Waals surface area contributed by atoms with E-state index in [1.807, 2.05) is 30.3 Å². The van der Waals surface area contributed by atoms with E-state index >= 15 is 0 Å². The zero-order valence-electron chi connectivity index (χ0n) is 12.4. The summed E-state index contributed by atoms with van der Waals surface area (Å²) < 4.78 is 11.3. The molecule has 4 heteroatoms. The highest BCUT2D eigenvalue weighted by molar-refractivity contribution is 5.77. The van der Waals surface area contributed by atoms with Crippen molar-refractivity contribution in [1.29, 1.82) is 0 Å². The third kappa shape index (κ3) is 3.17. The van der Waals surface area contributed by atoms with Crippen molar-refractivity contribution < 1.29 is 8.83 Å². The molecule has 0 aliphatic heterocycles. The van der Waals surface area contributed by atoms with E-state index in [4.69, 9.17) is 8.83 Å². The molecule has 1 atom stereocenters. The quantitative estimate of drug-likeness (QED) is 0.753. The Kier molecular flexibility index (Phi) is 4.08. The molecule has 3 rings (SSSR count). The van der Waals surface area contributed by atoms with Gasteiger partial charge in [0.15, 0.2) is 0 Å². The molecule has 1 N–H and O–H groups in total. The van der Waals surface area contributed by atoms with Crippen molar-refractivity contribution in [2.45, 2.75) is 12.6 Å². The first kappa shape index (κ1) is 13.9. The predicted octanol–water partition coefficient (Wildman–Crippen LogP) is 3.42. The zero-order chi connectivity index (χ0) is 14.7. The smallest absolute Gasteiger partial charge is 0.134 e. The predicted molar refractivity (Wildman–Crippen MR) is 83.1 cm³/mol. The van der Waals surface area contributed by atoms with Crippen LogP contribution in [0.4, 0.5) is 0 Å². The highest BCUT2D eigenvalue weighted by Gasteiger charge is 2.16. The van der Waals surface area contributed by atoms with Crippen molar-refractivity contribution >= 4 is 11.0 Å². The van der Waals surface area contributed by atoms with Gasteiger partial charge in [-0.1, -0.05) is 18.2 Å². The van der Waals surface area contributed by atoms with E-state index in [9.17, 15) is 0 Å². The maximum Gasteiger partial charge on any atom is 0.134 e. The Morgan fingerprint density at radius 2 is 2.00 bits per heavy atom. The maximum absolute atomic E-state index is 5.80. The molecule has 0 spiro atoms. The van der Waals surface area contributed by atoms with Gasteiger partial charge in [0.1, 0.15) is 17.1 Å². The summed E-state index contributed by atoms with van der Waals surface area (Å²) in [5.74, 6) is 1.92. The number of para-hydroxylation sites is 1. The molecule has 1 aromatic carbocycles. The van der Waals surface area contributed by atoms with E-state index in [1.165, 1.54) is 0 Å². The summed E-state index contributed by atoms with van der Waals surface area (Å²) in [6.07, 6.45) is 1.71. The van der Waals surface area contributed by atoms with Gasteiger partial charge in [-0.2, -0.15) is 0 Å². The topological polar surface area (TPSA) is 41.5 Å². The highest BCUT2D eigenvalue weighted by Crippen LogP contribution is 2.20. The lowest BCUT2D eigenvalue weighted by molar-refractivity contribution is 0.248. The van der Waals surface area contributed by atoms with Crippen molar-refractivity contribution in [3.63, 3.8) is 0 Å². The van der Waals surface area contributed by atoms with Crippen LogP contribution in [0.3, 0.4) is 0 Å². The third-order valence-electron chi connectivity index (χ3n) is 3.61. The standard InChI is InChI=1S/C17H20N2O2/c1-19(2)15(17-8-5-9-20-17)12-18-11-14-10-13-6-3-4-7-16(13)21-14/h3-10,15,18H,11-12H2,1-2H3. The Hall–Kier alpha value is -2.04. The van der Waals surface area contributed by atoms with E-state index < -0.39 is 0 Å². The number of furan rings is 2. The van der Waals surface area contributed by atoms with Gasteiger partial charge in [-0.15, -0.1) is 0 Å². The van der Waals surface area contributed by atoms with Crippen LogP contribution in [0.2, 0.25) is 0 Å². The monoisotopic (exact) mass is 284 g/mol.